The van der Waals surface area contributed by atoms with Crippen molar-refractivity contribution < 1.29 is 9.18 Å². The van der Waals surface area contributed by atoms with E-state index in [1.165, 1.54) is 11.6 Å². The van der Waals surface area contributed by atoms with E-state index in [-0.39, 0.29) is 11.5 Å². The van der Waals surface area contributed by atoms with E-state index in [0.29, 0.717) is 17.6 Å². The largest absolute Gasteiger partial charge is 0.334 e. The zero-order chi connectivity index (χ0) is 14.1. The average molecular weight is 334 g/mol. The summed E-state index contributed by atoms with van der Waals surface area (Å²) in [5.41, 5.74) is 2.53. The lowest BCUT2D eigenvalue weighted by Crippen LogP contribution is -2.36. The first kappa shape index (κ1) is 13.3. The van der Waals surface area contributed by atoms with E-state index in [1.807, 2.05) is 18.2 Å². The zero-order valence-electron chi connectivity index (χ0n) is 10.8. The van der Waals surface area contributed by atoms with Gasteiger partial charge in [-0.25, -0.2) is 4.39 Å². The number of benzene rings is 2. The van der Waals surface area contributed by atoms with Gasteiger partial charge in [-0.3, -0.25) is 4.79 Å². The molecule has 1 aliphatic rings. The number of nitrogens with zero attached hydrogens (tertiary/aromatic N) is 1. The Balaban J connectivity index is 1.88. The van der Waals surface area contributed by atoms with E-state index in [0.717, 1.165) is 12.0 Å². The predicted molar refractivity (Wildman–Crippen MR) is 79.0 cm³/mol. The molecule has 0 unspecified atom stereocenters. The van der Waals surface area contributed by atoms with Crippen molar-refractivity contribution in [1.82, 2.24) is 4.90 Å². The lowest BCUT2D eigenvalue weighted by Gasteiger charge is -2.29. The molecule has 1 aliphatic heterocycles. The van der Waals surface area contributed by atoms with Crippen LogP contribution < -0.4 is 0 Å². The fourth-order valence-corrected chi connectivity index (χ4v) is 2.87. The molecule has 102 valence electrons. The van der Waals surface area contributed by atoms with E-state index in [9.17, 15) is 9.18 Å². The van der Waals surface area contributed by atoms with Gasteiger partial charge in [-0.15, -0.1) is 0 Å². The van der Waals surface area contributed by atoms with E-state index >= 15 is 0 Å². The van der Waals surface area contributed by atoms with Crippen LogP contribution in [0.3, 0.4) is 0 Å². The van der Waals surface area contributed by atoms with Gasteiger partial charge in [0.2, 0.25) is 0 Å². The molecule has 0 aliphatic carbocycles. The molecule has 2 aromatic rings. The van der Waals surface area contributed by atoms with Crippen molar-refractivity contribution in [3.8, 4) is 0 Å². The number of carbonyl (C=O) groups is 1. The molecule has 3 rings (SSSR count). The molecule has 2 aromatic carbocycles. The van der Waals surface area contributed by atoms with E-state index in [4.69, 9.17) is 0 Å². The van der Waals surface area contributed by atoms with Crippen LogP contribution >= 0.6 is 15.9 Å². The van der Waals surface area contributed by atoms with Gasteiger partial charge >= 0.3 is 0 Å². The second kappa shape index (κ2) is 5.37. The highest BCUT2D eigenvalue weighted by Gasteiger charge is 2.24. The van der Waals surface area contributed by atoms with Gasteiger partial charge in [-0.2, -0.15) is 0 Å². The zero-order valence-corrected chi connectivity index (χ0v) is 12.4. The van der Waals surface area contributed by atoms with Gasteiger partial charge in [0.25, 0.3) is 5.91 Å². The Bertz CT molecular complexity index is 671. The number of halogens is 2. The number of carbonyl (C=O) groups excluding carboxylic acids is 1. The van der Waals surface area contributed by atoms with E-state index in [1.54, 1.807) is 17.0 Å². The highest BCUT2D eigenvalue weighted by Crippen LogP contribution is 2.23. The third-order valence-corrected chi connectivity index (χ3v) is 4.21. The summed E-state index contributed by atoms with van der Waals surface area (Å²) in [6.07, 6.45) is 0.817. The maximum absolute atomic E-state index is 14.0. The molecule has 4 heteroatoms. The molecule has 0 N–H and O–H groups in total. The number of fused-ring (bicyclic) bond motifs is 1. The van der Waals surface area contributed by atoms with Crippen molar-refractivity contribution in [3.05, 3.63) is 69.4 Å². The van der Waals surface area contributed by atoms with Crippen molar-refractivity contribution in [3.63, 3.8) is 0 Å². The molecule has 1 amide bonds. The van der Waals surface area contributed by atoms with Gasteiger partial charge in [0.05, 0.1) is 10.0 Å². The normalized spacial score (nSPS) is 14.0. The lowest BCUT2D eigenvalue weighted by atomic mass is 9.99. The Kier molecular flexibility index (Phi) is 3.57. The summed E-state index contributed by atoms with van der Waals surface area (Å²) < 4.78 is 14.3. The smallest absolute Gasteiger partial charge is 0.257 e. The van der Waals surface area contributed by atoms with Gasteiger partial charge < -0.3 is 4.90 Å². The minimum atomic E-state index is -0.489. The molecular formula is C16H13BrFNO. The maximum Gasteiger partial charge on any atom is 0.257 e. The van der Waals surface area contributed by atoms with E-state index < -0.39 is 5.82 Å². The van der Waals surface area contributed by atoms with Gasteiger partial charge in [0.15, 0.2) is 0 Å². The molecule has 0 saturated carbocycles. The van der Waals surface area contributed by atoms with Gasteiger partial charge in [-0.1, -0.05) is 30.3 Å². The summed E-state index contributed by atoms with van der Waals surface area (Å²) in [5, 5.41) is 0. The Morgan fingerprint density at radius 2 is 1.85 bits per heavy atom. The highest BCUT2D eigenvalue weighted by atomic mass is 79.9. The second-order valence-electron chi connectivity index (χ2n) is 4.85. The Labute approximate surface area is 125 Å². The Morgan fingerprint density at radius 3 is 2.65 bits per heavy atom. The van der Waals surface area contributed by atoms with Crippen molar-refractivity contribution in [2.45, 2.75) is 13.0 Å². The summed E-state index contributed by atoms with van der Waals surface area (Å²) in [4.78, 5) is 14.1. The fourth-order valence-electron chi connectivity index (χ4n) is 2.51. The van der Waals surface area contributed by atoms with Crippen LogP contribution in [-0.2, 0) is 13.0 Å². The van der Waals surface area contributed by atoms with Crippen LogP contribution in [-0.4, -0.2) is 17.4 Å². The first-order valence-electron chi connectivity index (χ1n) is 6.47. The molecule has 0 aromatic heterocycles. The van der Waals surface area contributed by atoms with Crippen molar-refractivity contribution in [2.75, 3.05) is 6.54 Å². The highest BCUT2D eigenvalue weighted by molar-refractivity contribution is 9.10. The number of amides is 1. The predicted octanol–water partition coefficient (Wildman–Crippen LogP) is 3.79. The quantitative estimate of drug-likeness (QED) is 0.777. The van der Waals surface area contributed by atoms with Crippen LogP contribution in [0.4, 0.5) is 4.39 Å². The van der Waals surface area contributed by atoms with Gasteiger partial charge in [0, 0.05) is 13.1 Å². The minimum Gasteiger partial charge on any atom is -0.334 e. The molecule has 0 atom stereocenters. The number of hydrogen-bond donors (Lipinski definition) is 0. The molecular weight excluding hydrogens is 321 g/mol. The van der Waals surface area contributed by atoms with Crippen LogP contribution in [0.15, 0.2) is 46.9 Å². The summed E-state index contributed by atoms with van der Waals surface area (Å²) in [6.45, 7) is 1.17. The molecule has 0 fully saturated rings. The maximum atomic E-state index is 14.0. The SMILES string of the molecule is O=C(c1cccc(Br)c1F)N1CCc2ccccc2C1. The Hall–Kier alpha value is -1.68. The summed E-state index contributed by atoms with van der Waals surface area (Å²) >= 11 is 3.12. The minimum absolute atomic E-state index is 0.124. The third kappa shape index (κ3) is 2.36. The van der Waals surface area contributed by atoms with Crippen LogP contribution in [0.2, 0.25) is 0 Å². The van der Waals surface area contributed by atoms with Crippen LogP contribution in [0, 0.1) is 5.82 Å². The molecule has 0 spiro atoms. The summed E-state index contributed by atoms with van der Waals surface area (Å²) in [7, 11) is 0. The van der Waals surface area contributed by atoms with Crippen LogP contribution in [0.1, 0.15) is 21.5 Å². The van der Waals surface area contributed by atoms with Crippen molar-refractivity contribution >= 4 is 21.8 Å². The first-order chi connectivity index (χ1) is 9.66. The molecule has 0 radical (unpaired) electrons. The number of rotatable bonds is 1. The molecule has 0 saturated heterocycles. The molecule has 20 heavy (non-hydrogen) atoms. The van der Waals surface area contributed by atoms with Gasteiger partial charge in [0.1, 0.15) is 5.82 Å². The summed E-state index contributed by atoms with van der Waals surface area (Å²) in [6, 6.07) is 12.9. The molecule has 0 bridgehead atoms. The second-order valence-corrected chi connectivity index (χ2v) is 5.70. The summed E-state index contributed by atoms with van der Waals surface area (Å²) in [5.74, 6) is -0.741. The average Bonchev–Trinajstić information content (AvgIpc) is 2.49. The number of hydrogen-bond acceptors (Lipinski definition) is 1. The standard InChI is InChI=1S/C16H13BrFNO/c17-14-7-3-6-13(15(14)18)16(20)19-9-8-11-4-1-2-5-12(11)10-19/h1-7H,8-10H2. The first-order valence-corrected chi connectivity index (χ1v) is 7.26. The van der Waals surface area contributed by atoms with E-state index in [2.05, 4.69) is 22.0 Å². The van der Waals surface area contributed by atoms with Crippen LogP contribution in [0.25, 0.3) is 0 Å². The monoisotopic (exact) mass is 333 g/mol. The fraction of sp³-hybridized carbons (Fsp3) is 0.188. The Morgan fingerprint density at radius 1 is 1.10 bits per heavy atom. The van der Waals surface area contributed by atoms with Crippen molar-refractivity contribution in [2.24, 2.45) is 0 Å². The molecule has 1 heterocycles. The van der Waals surface area contributed by atoms with Gasteiger partial charge in [-0.05, 0) is 45.6 Å². The third-order valence-electron chi connectivity index (χ3n) is 3.60. The van der Waals surface area contributed by atoms with Crippen LogP contribution in [0.5, 0.6) is 0 Å². The lowest BCUT2D eigenvalue weighted by molar-refractivity contribution is 0.0730. The topological polar surface area (TPSA) is 20.3 Å². The van der Waals surface area contributed by atoms with Crippen molar-refractivity contribution in [1.29, 1.82) is 0 Å². The molecule has 2 nitrogen and oxygen atoms in total.